The number of rotatable bonds is 4. The lowest BCUT2D eigenvalue weighted by Gasteiger charge is -2.24. The number of likely N-dealkylation sites (tertiary alicyclic amines) is 1. The van der Waals surface area contributed by atoms with Crippen molar-refractivity contribution in [2.75, 3.05) is 20.6 Å². The van der Waals surface area contributed by atoms with Crippen LogP contribution >= 0.6 is 11.3 Å². The zero-order valence-corrected chi connectivity index (χ0v) is 13.0. The Labute approximate surface area is 127 Å². The molecule has 1 unspecified atom stereocenters. The van der Waals surface area contributed by atoms with E-state index >= 15 is 0 Å². The molecule has 1 aliphatic rings. The number of likely N-dealkylation sites (N-methyl/N-ethyl adjacent to an activating group) is 1. The van der Waals surface area contributed by atoms with Crippen LogP contribution in [0.25, 0.3) is 10.8 Å². The summed E-state index contributed by atoms with van der Waals surface area (Å²) in [5.74, 6) is 1.26. The predicted molar refractivity (Wildman–Crippen MR) is 79.7 cm³/mol. The number of aromatic nitrogens is 2. The van der Waals surface area contributed by atoms with Crippen molar-refractivity contribution in [3.8, 4) is 10.8 Å². The van der Waals surface area contributed by atoms with Crippen LogP contribution in [0, 0.1) is 0 Å². The lowest BCUT2D eigenvalue weighted by atomic mass is 10.2. The third kappa shape index (κ3) is 2.98. The van der Waals surface area contributed by atoms with Crippen molar-refractivity contribution >= 4 is 17.2 Å². The molecule has 3 heterocycles. The lowest BCUT2D eigenvalue weighted by molar-refractivity contribution is -0.133. The van der Waals surface area contributed by atoms with Crippen molar-refractivity contribution in [1.29, 1.82) is 0 Å². The van der Waals surface area contributed by atoms with Crippen LogP contribution in [0.1, 0.15) is 18.7 Å². The quantitative estimate of drug-likeness (QED) is 0.862. The molecule has 2 aromatic heterocycles. The van der Waals surface area contributed by atoms with Crippen molar-refractivity contribution in [3.63, 3.8) is 0 Å². The van der Waals surface area contributed by atoms with Gasteiger partial charge >= 0.3 is 0 Å². The summed E-state index contributed by atoms with van der Waals surface area (Å²) in [6.45, 7) is 1.42. The molecule has 1 atom stereocenters. The van der Waals surface area contributed by atoms with E-state index in [1.54, 1.807) is 30.3 Å². The Kier molecular flexibility index (Phi) is 4.03. The largest absolute Gasteiger partial charge is 0.419 e. The molecule has 0 aliphatic carbocycles. The topological polar surface area (TPSA) is 62.5 Å². The first-order valence-corrected chi connectivity index (χ1v) is 7.84. The first-order valence-electron chi connectivity index (χ1n) is 6.96. The first-order chi connectivity index (χ1) is 10.1. The molecule has 2 aromatic rings. The van der Waals surface area contributed by atoms with Gasteiger partial charge in [-0.05, 0) is 30.8 Å². The second kappa shape index (κ2) is 5.95. The molecule has 112 valence electrons. The minimum atomic E-state index is -0.0721. The Hall–Kier alpha value is -1.73. The molecule has 0 saturated carbocycles. The molecular weight excluding hydrogens is 288 g/mol. The van der Waals surface area contributed by atoms with E-state index < -0.39 is 0 Å². The van der Waals surface area contributed by atoms with E-state index in [0.29, 0.717) is 18.3 Å². The summed E-state index contributed by atoms with van der Waals surface area (Å²) in [7, 11) is 3.58. The van der Waals surface area contributed by atoms with Gasteiger partial charge in [0.15, 0.2) is 0 Å². The molecule has 3 rings (SSSR count). The van der Waals surface area contributed by atoms with Crippen LogP contribution < -0.4 is 0 Å². The summed E-state index contributed by atoms with van der Waals surface area (Å²) in [6.07, 6.45) is 1.92. The van der Waals surface area contributed by atoms with Crippen molar-refractivity contribution in [1.82, 2.24) is 20.0 Å². The van der Waals surface area contributed by atoms with E-state index in [0.717, 1.165) is 24.3 Å². The molecule has 0 bridgehead atoms. The maximum absolute atomic E-state index is 12.2. The van der Waals surface area contributed by atoms with Gasteiger partial charge in [-0.25, -0.2) is 0 Å². The van der Waals surface area contributed by atoms with E-state index in [1.807, 2.05) is 17.5 Å². The minimum absolute atomic E-state index is 0.0721. The highest BCUT2D eigenvalue weighted by Gasteiger charge is 2.32. The Bertz CT molecular complexity index is 608. The summed E-state index contributed by atoms with van der Waals surface area (Å²) < 4.78 is 5.70. The van der Waals surface area contributed by atoms with Crippen LogP contribution in [0.15, 0.2) is 21.9 Å². The Morgan fingerprint density at radius 2 is 2.38 bits per heavy atom. The average Bonchev–Trinajstić information content (AvgIpc) is 3.19. The number of nitrogens with zero attached hydrogens (tertiary/aromatic N) is 4. The normalized spacial score (nSPS) is 19.0. The van der Waals surface area contributed by atoms with Gasteiger partial charge in [0.1, 0.15) is 0 Å². The number of amides is 1. The maximum Gasteiger partial charge on any atom is 0.257 e. The van der Waals surface area contributed by atoms with Crippen molar-refractivity contribution in [2.45, 2.75) is 25.4 Å². The standard InChI is InChI=1S/C14H18N4O2S/c1-17(2)14(19)10-5-3-7-18(10)9-12-15-16-13(20-12)11-6-4-8-21-11/h4,6,8,10H,3,5,7,9H2,1-2H3. The van der Waals surface area contributed by atoms with Crippen LogP contribution in [0.3, 0.4) is 0 Å². The molecule has 0 N–H and O–H groups in total. The molecule has 1 fully saturated rings. The van der Waals surface area contributed by atoms with Gasteiger partial charge in [-0.2, -0.15) is 0 Å². The summed E-state index contributed by atoms with van der Waals surface area (Å²) >= 11 is 1.57. The average molecular weight is 306 g/mol. The van der Waals surface area contributed by atoms with Crippen LogP contribution in [-0.4, -0.2) is 52.6 Å². The Morgan fingerprint density at radius 1 is 1.52 bits per heavy atom. The number of hydrogen-bond acceptors (Lipinski definition) is 6. The van der Waals surface area contributed by atoms with E-state index in [2.05, 4.69) is 15.1 Å². The molecule has 1 aliphatic heterocycles. The fourth-order valence-electron chi connectivity index (χ4n) is 2.58. The Balaban J connectivity index is 1.70. The van der Waals surface area contributed by atoms with Gasteiger partial charge in [0, 0.05) is 14.1 Å². The molecule has 21 heavy (non-hydrogen) atoms. The monoisotopic (exact) mass is 306 g/mol. The second-order valence-electron chi connectivity index (χ2n) is 5.34. The smallest absolute Gasteiger partial charge is 0.257 e. The summed E-state index contributed by atoms with van der Waals surface area (Å²) in [5.41, 5.74) is 0. The molecule has 7 heteroatoms. The summed E-state index contributed by atoms with van der Waals surface area (Å²) in [5, 5.41) is 10.2. The number of carbonyl (C=O) groups is 1. The van der Waals surface area contributed by atoms with Gasteiger partial charge in [0.25, 0.3) is 5.89 Å². The molecule has 0 spiro atoms. The highest BCUT2D eigenvalue weighted by Crippen LogP contribution is 2.25. The molecule has 0 radical (unpaired) electrons. The molecule has 1 saturated heterocycles. The SMILES string of the molecule is CN(C)C(=O)C1CCCN1Cc1nnc(-c2cccs2)o1. The minimum Gasteiger partial charge on any atom is -0.419 e. The van der Waals surface area contributed by atoms with E-state index in [9.17, 15) is 4.79 Å². The van der Waals surface area contributed by atoms with Crippen molar-refractivity contribution in [2.24, 2.45) is 0 Å². The van der Waals surface area contributed by atoms with Gasteiger partial charge in [0.05, 0.1) is 17.5 Å². The molecule has 6 nitrogen and oxygen atoms in total. The first kappa shape index (κ1) is 14.2. The van der Waals surface area contributed by atoms with Crippen LogP contribution in [0.2, 0.25) is 0 Å². The van der Waals surface area contributed by atoms with E-state index in [-0.39, 0.29) is 11.9 Å². The zero-order valence-electron chi connectivity index (χ0n) is 12.2. The van der Waals surface area contributed by atoms with Crippen LogP contribution in [0.5, 0.6) is 0 Å². The maximum atomic E-state index is 12.2. The van der Waals surface area contributed by atoms with Crippen LogP contribution in [0.4, 0.5) is 0 Å². The van der Waals surface area contributed by atoms with Crippen molar-refractivity contribution in [3.05, 3.63) is 23.4 Å². The highest BCUT2D eigenvalue weighted by atomic mass is 32.1. The van der Waals surface area contributed by atoms with E-state index in [4.69, 9.17) is 4.42 Å². The zero-order chi connectivity index (χ0) is 14.8. The summed E-state index contributed by atoms with van der Waals surface area (Å²) in [6, 6.07) is 3.84. The van der Waals surface area contributed by atoms with Crippen LogP contribution in [-0.2, 0) is 11.3 Å². The van der Waals surface area contributed by atoms with Gasteiger partial charge in [-0.1, -0.05) is 6.07 Å². The fourth-order valence-corrected chi connectivity index (χ4v) is 3.23. The van der Waals surface area contributed by atoms with Crippen molar-refractivity contribution < 1.29 is 9.21 Å². The van der Waals surface area contributed by atoms with Gasteiger partial charge < -0.3 is 9.32 Å². The Morgan fingerprint density at radius 3 is 3.10 bits per heavy atom. The summed E-state index contributed by atoms with van der Waals surface area (Å²) in [4.78, 5) is 16.9. The number of hydrogen-bond donors (Lipinski definition) is 0. The van der Waals surface area contributed by atoms with Gasteiger partial charge in [-0.3, -0.25) is 9.69 Å². The second-order valence-corrected chi connectivity index (χ2v) is 6.29. The number of carbonyl (C=O) groups excluding carboxylic acids is 1. The van der Waals surface area contributed by atoms with Gasteiger partial charge in [0.2, 0.25) is 11.8 Å². The van der Waals surface area contributed by atoms with E-state index in [1.165, 1.54) is 0 Å². The molecular formula is C14H18N4O2S. The molecule has 0 aromatic carbocycles. The highest BCUT2D eigenvalue weighted by molar-refractivity contribution is 7.13. The number of thiophene rings is 1. The predicted octanol–water partition coefficient (Wildman–Crippen LogP) is 1.85. The lowest BCUT2D eigenvalue weighted by Crippen LogP contribution is -2.42. The van der Waals surface area contributed by atoms with Gasteiger partial charge in [-0.15, -0.1) is 21.5 Å². The fraction of sp³-hybridized carbons (Fsp3) is 0.500. The third-order valence-corrected chi connectivity index (χ3v) is 4.48. The third-order valence-electron chi connectivity index (χ3n) is 3.63. The molecule has 1 amide bonds.